The van der Waals surface area contributed by atoms with Crippen molar-refractivity contribution in [3.05, 3.63) is 40.9 Å². The first kappa shape index (κ1) is 17.4. The second-order valence-electron chi connectivity index (χ2n) is 3.33. The maximum atomic E-state index is 11.5. The molecule has 0 aliphatic heterocycles. The van der Waals surface area contributed by atoms with E-state index in [9.17, 15) is 13.2 Å². The van der Waals surface area contributed by atoms with Crippen LogP contribution in [0.15, 0.2) is 23.6 Å². The second-order valence-corrected chi connectivity index (χ2v) is 5.69. The zero-order valence-electron chi connectivity index (χ0n) is 9.87. The Kier molecular flexibility index (Phi) is 6.27. The predicted molar refractivity (Wildman–Crippen MR) is 68.7 cm³/mol. The molecule has 1 aromatic carbocycles. The van der Waals surface area contributed by atoms with Crippen molar-refractivity contribution in [1.82, 2.24) is 5.32 Å². The summed E-state index contributed by atoms with van der Waals surface area (Å²) in [5.41, 5.74) is 0.308. The van der Waals surface area contributed by atoms with Crippen LogP contribution in [0.2, 0.25) is 5.02 Å². The Morgan fingerprint density at radius 1 is 1.44 bits per heavy atom. The molecule has 0 saturated carbocycles. The molecule has 100 valence electrons. The van der Waals surface area contributed by atoms with Gasteiger partial charge in [-0.3, -0.25) is 4.79 Å². The predicted octanol–water partition coefficient (Wildman–Crippen LogP) is 0.902. The summed E-state index contributed by atoms with van der Waals surface area (Å²) in [6, 6.07) is 2.68. The van der Waals surface area contributed by atoms with Gasteiger partial charge >= 0.3 is 21.1 Å². The molecule has 1 N–H and O–H groups in total. The van der Waals surface area contributed by atoms with Crippen LogP contribution in [0, 0.1) is 6.08 Å². The summed E-state index contributed by atoms with van der Waals surface area (Å²) < 4.78 is 23.0. The van der Waals surface area contributed by atoms with Gasteiger partial charge in [0.2, 0.25) is 5.91 Å². The van der Waals surface area contributed by atoms with Crippen molar-refractivity contribution >= 4 is 27.3 Å². The van der Waals surface area contributed by atoms with Gasteiger partial charge in [-0.25, -0.2) is 8.42 Å². The molecular weight excluding hydrogens is 445 g/mol. The third-order valence-electron chi connectivity index (χ3n) is 2.15. The van der Waals surface area contributed by atoms with Crippen LogP contribution < -0.4 is 5.32 Å². The van der Waals surface area contributed by atoms with Gasteiger partial charge in [-0.05, 0) is 9.92 Å². The van der Waals surface area contributed by atoms with E-state index in [4.69, 9.17) is 11.6 Å². The normalized spacial score (nSPS) is 10.4. The van der Waals surface area contributed by atoms with Gasteiger partial charge in [0.1, 0.15) is 9.84 Å². The summed E-state index contributed by atoms with van der Waals surface area (Å²) in [6.07, 6.45) is 3.50. The molecule has 0 aromatic heterocycles. The average Bonchev–Trinajstić information content (AvgIpc) is 2.26. The topological polar surface area (TPSA) is 63.2 Å². The van der Waals surface area contributed by atoms with E-state index in [0.29, 0.717) is 0 Å². The standard InChI is InChI=1S/C11H11ClNO3S.W.2H/c1-4-7-9(17(3,15)16)6-5-8(10(7)12)11(14)13-2;;;/h5-6H,1H2,2-3H3,(H,13,14);;;/q-1;;;. The number of carbonyl (C=O) groups excluding carboxylic acids is 1. The fraction of sp³-hybridized carbons (Fsp3) is 0.182. The second kappa shape index (κ2) is 6.50. The fourth-order valence-corrected chi connectivity index (χ4v) is 2.58. The van der Waals surface area contributed by atoms with Gasteiger partial charge in [-0.15, -0.1) is 0 Å². The Hall–Kier alpha value is -0.642. The van der Waals surface area contributed by atoms with Crippen molar-refractivity contribution in [3.63, 3.8) is 0 Å². The Labute approximate surface area is 126 Å². The van der Waals surface area contributed by atoms with Crippen molar-refractivity contribution in [2.45, 2.75) is 4.90 Å². The molecule has 1 rings (SSSR count). The summed E-state index contributed by atoms with van der Waals surface area (Å²) in [4.78, 5) is 11.5. The molecule has 0 bridgehead atoms. The van der Waals surface area contributed by atoms with Crippen molar-refractivity contribution in [3.8, 4) is 0 Å². The van der Waals surface area contributed by atoms with Crippen molar-refractivity contribution in [1.29, 1.82) is 0 Å². The number of amides is 1. The van der Waals surface area contributed by atoms with Crippen molar-refractivity contribution in [2.24, 2.45) is 0 Å². The van der Waals surface area contributed by atoms with Gasteiger partial charge in [-0.1, -0.05) is 12.1 Å². The van der Waals surface area contributed by atoms with E-state index in [2.05, 4.69) is 18.0 Å². The number of hydrogen-bond acceptors (Lipinski definition) is 3. The first-order valence-corrected chi connectivity index (χ1v) is 6.87. The van der Waals surface area contributed by atoms with Crippen LogP contribution in [-0.4, -0.2) is 27.6 Å². The quantitative estimate of drug-likeness (QED) is 0.685. The minimum absolute atomic E-state index is 0. The van der Waals surface area contributed by atoms with E-state index >= 15 is 0 Å². The maximum absolute atomic E-state index is 11.5. The zero-order valence-corrected chi connectivity index (χ0v) is 15.0. The van der Waals surface area contributed by atoms with Crippen LogP contribution in [0.4, 0.5) is 0 Å². The summed E-state index contributed by atoms with van der Waals surface area (Å²) in [5, 5.41) is 2.44. The number of benzene rings is 1. The molecule has 0 radical (unpaired) electrons. The number of sulfone groups is 1. The molecule has 0 spiro atoms. The summed E-state index contributed by atoms with van der Waals surface area (Å²) in [7, 11) is -1.98. The molecule has 0 heterocycles. The van der Waals surface area contributed by atoms with Gasteiger partial charge in [0.25, 0.3) is 0 Å². The van der Waals surface area contributed by atoms with Crippen LogP contribution in [0.1, 0.15) is 15.9 Å². The molecule has 1 aromatic rings. The number of carbonyl (C=O) groups is 1. The third-order valence-corrected chi connectivity index (χ3v) is 3.68. The van der Waals surface area contributed by atoms with Crippen LogP contribution in [0.25, 0.3) is 0 Å². The molecule has 18 heavy (non-hydrogen) atoms. The minimum atomic E-state index is -3.44. The number of halogens is 1. The fourth-order valence-electron chi connectivity index (χ4n) is 1.34. The molecule has 0 unspecified atom stereocenters. The van der Waals surface area contributed by atoms with Gasteiger partial charge in [0.05, 0.1) is 0 Å². The number of hydrogen-bond donors (Lipinski definition) is 1. The number of rotatable bonds is 3. The first-order valence-electron chi connectivity index (χ1n) is 4.60. The van der Waals surface area contributed by atoms with E-state index in [-0.39, 0.29) is 42.1 Å². The Morgan fingerprint density at radius 3 is 2.39 bits per heavy atom. The van der Waals surface area contributed by atoms with Crippen LogP contribution in [0.5, 0.6) is 0 Å². The number of nitrogens with one attached hydrogen (secondary N) is 1. The monoisotopic (exact) mass is 458 g/mol. The average molecular weight is 459 g/mol. The molecule has 7 heteroatoms. The molecule has 1 amide bonds. The molecular formula is C11H13ClNO3SW-. The molecule has 0 aliphatic carbocycles. The van der Waals surface area contributed by atoms with Gasteiger partial charge in [0.15, 0.2) is 0 Å². The van der Waals surface area contributed by atoms with E-state index in [1.54, 1.807) is 0 Å². The zero-order chi connectivity index (χ0) is 13.2. The first-order chi connectivity index (χ1) is 7.82. The molecule has 0 saturated heterocycles. The van der Waals surface area contributed by atoms with E-state index in [1.807, 2.05) is 0 Å². The van der Waals surface area contributed by atoms with Gasteiger partial charge < -0.3 is 5.32 Å². The van der Waals surface area contributed by atoms with E-state index in [1.165, 1.54) is 19.2 Å². The molecule has 4 nitrogen and oxygen atoms in total. The van der Waals surface area contributed by atoms with Crippen LogP contribution >= 0.6 is 11.6 Å². The van der Waals surface area contributed by atoms with E-state index in [0.717, 1.165) is 6.26 Å². The summed E-state index contributed by atoms with van der Waals surface area (Å²) in [5.74, 6) is -0.397. The summed E-state index contributed by atoms with van der Waals surface area (Å²) >= 11 is 5.97. The van der Waals surface area contributed by atoms with Crippen molar-refractivity contribution < 1.29 is 34.3 Å². The van der Waals surface area contributed by atoms with Crippen LogP contribution in [-0.2, 0) is 30.9 Å². The van der Waals surface area contributed by atoms with Gasteiger partial charge in [0, 0.05) is 18.9 Å². The third kappa shape index (κ3) is 3.44. The van der Waals surface area contributed by atoms with Crippen LogP contribution in [0.3, 0.4) is 0 Å². The molecule has 0 fully saturated rings. The van der Waals surface area contributed by atoms with Crippen molar-refractivity contribution in [2.75, 3.05) is 13.3 Å². The molecule has 0 aliphatic rings. The van der Waals surface area contributed by atoms with E-state index < -0.39 is 15.7 Å². The Balaban J connectivity index is 0.00000289. The Bertz CT molecular complexity index is 584. The SMILES string of the molecule is C=[C-]c1c(S(C)(=O)=O)ccc(C(=O)NC)c1Cl.[WH2]. The summed E-state index contributed by atoms with van der Waals surface area (Å²) in [6.45, 7) is 3.39. The Morgan fingerprint density at radius 2 is 2.00 bits per heavy atom. The molecule has 0 atom stereocenters. The van der Waals surface area contributed by atoms with Gasteiger partial charge in [-0.2, -0.15) is 29.8 Å².